The Balaban J connectivity index is 1.81. The molecule has 2 aromatic heterocycles. The number of aryl methyl sites for hydroxylation is 1. The average molecular weight is 270 g/mol. The first-order valence-corrected chi connectivity index (χ1v) is 6.78. The zero-order valence-corrected chi connectivity index (χ0v) is 11.5. The number of nitrogens with one attached hydrogen (secondary N) is 1. The molecule has 0 saturated heterocycles. The Kier molecular flexibility index (Phi) is 3.62. The van der Waals surface area contributed by atoms with Crippen LogP contribution in [0.5, 0.6) is 0 Å². The van der Waals surface area contributed by atoms with Crippen LogP contribution in [-0.4, -0.2) is 34.2 Å². The van der Waals surface area contributed by atoms with E-state index in [0.717, 1.165) is 34.4 Å². The van der Waals surface area contributed by atoms with Crippen LogP contribution in [-0.2, 0) is 4.74 Å². The van der Waals surface area contributed by atoms with Crippen molar-refractivity contribution in [2.75, 3.05) is 13.2 Å². The lowest BCUT2D eigenvalue weighted by Crippen LogP contribution is -2.17. The van der Waals surface area contributed by atoms with Crippen LogP contribution >= 0.6 is 0 Å². The summed E-state index contributed by atoms with van der Waals surface area (Å²) in [4.78, 5) is 11.8. The van der Waals surface area contributed by atoms with E-state index in [2.05, 4.69) is 39.2 Å². The number of aromatic amines is 1. The van der Waals surface area contributed by atoms with Crippen molar-refractivity contribution in [3.63, 3.8) is 0 Å². The van der Waals surface area contributed by atoms with E-state index < -0.39 is 0 Å². The van der Waals surface area contributed by atoms with Crippen LogP contribution in [0.15, 0.2) is 30.6 Å². The fraction of sp³-hybridized carbons (Fsp3) is 0.333. The maximum absolute atomic E-state index is 5.61. The molecule has 0 spiro atoms. The second kappa shape index (κ2) is 5.56. The van der Waals surface area contributed by atoms with Gasteiger partial charge in [0.1, 0.15) is 12.0 Å². The lowest BCUT2D eigenvalue weighted by Gasteiger charge is -2.16. The Morgan fingerprint density at radius 1 is 1.45 bits per heavy atom. The van der Waals surface area contributed by atoms with Gasteiger partial charge in [0.15, 0.2) is 0 Å². The maximum Gasteiger partial charge on any atom is 0.141 e. The molecular formula is C15H18N4O. The number of hydrogen-bond donors (Lipinski definition) is 2. The Hall–Kier alpha value is -1.98. The minimum absolute atomic E-state index is 0.133. The summed E-state index contributed by atoms with van der Waals surface area (Å²) in [5.74, 6) is 0. The zero-order chi connectivity index (χ0) is 13.9. The van der Waals surface area contributed by atoms with Crippen molar-refractivity contribution >= 4 is 16.6 Å². The third-order valence-corrected chi connectivity index (χ3v) is 3.45. The van der Waals surface area contributed by atoms with E-state index in [0.29, 0.717) is 13.2 Å². The van der Waals surface area contributed by atoms with Gasteiger partial charge in [-0.2, -0.15) is 0 Å². The van der Waals surface area contributed by atoms with Gasteiger partial charge in [0, 0.05) is 17.6 Å². The molecule has 2 heterocycles. The normalized spacial score (nSPS) is 18.5. The summed E-state index contributed by atoms with van der Waals surface area (Å²) in [5, 5.41) is 1.07. The fourth-order valence-corrected chi connectivity index (χ4v) is 2.36. The molecule has 0 aliphatic heterocycles. The molecule has 1 unspecified atom stereocenters. The molecule has 3 rings (SSSR count). The Bertz CT molecular complexity index is 672. The van der Waals surface area contributed by atoms with Gasteiger partial charge in [-0.3, -0.25) is 0 Å². The first-order valence-electron chi connectivity index (χ1n) is 6.78. The maximum atomic E-state index is 5.61. The summed E-state index contributed by atoms with van der Waals surface area (Å²) < 4.78 is 5.61. The molecule has 0 radical (unpaired) electrons. The van der Waals surface area contributed by atoms with Crippen LogP contribution in [0.3, 0.4) is 0 Å². The van der Waals surface area contributed by atoms with Gasteiger partial charge in [-0.25, -0.2) is 9.97 Å². The van der Waals surface area contributed by atoms with Crippen molar-refractivity contribution < 1.29 is 4.74 Å². The van der Waals surface area contributed by atoms with E-state index in [4.69, 9.17) is 10.5 Å². The molecule has 1 aliphatic carbocycles. The molecule has 0 amide bonds. The van der Waals surface area contributed by atoms with E-state index in [-0.39, 0.29) is 6.10 Å². The van der Waals surface area contributed by atoms with E-state index in [1.54, 1.807) is 6.33 Å². The number of nitrogens with zero attached hydrogens (tertiary/aromatic N) is 2. The first-order chi connectivity index (χ1) is 9.78. The predicted octanol–water partition coefficient (Wildman–Crippen LogP) is 1.95. The Labute approximate surface area is 117 Å². The van der Waals surface area contributed by atoms with Crippen LogP contribution in [0.2, 0.25) is 0 Å². The Morgan fingerprint density at radius 3 is 3.05 bits per heavy atom. The standard InChI is InChI=1S/C15H18N4O/c1-10-13-8-14(19-15(13)18-9-17-10)11-2-4-12(5-3-11)20-7-6-16/h2-4,8-9,12H,5-7,16H2,1H3,(H,17,18,19). The lowest BCUT2D eigenvalue weighted by atomic mass is 10.0. The SMILES string of the molecule is Cc1ncnc2[nH]c(C3=CCC(OCCN)C=C3)cc12. The summed E-state index contributed by atoms with van der Waals surface area (Å²) in [6.07, 6.45) is 8.92. The number of allylic oxidation sites excluding steroid dienone is 2. The van der Waals surface area contributed by atoms with E-state index in [1.165, 1.54) is 0 Å². The van der Waals surface area contributed by atoms with E-state index in [1.807, 2.05) is 6.92 Å². The van der Waals surface area contributed by atoms with Crippen LogP contribution in [0.4, 0.5) is 0 Å². The Morgan fingerprint density at radius 2 is 2.35 bits per heavy atom. The molecule has 104 valence electrons. The van der Waals surface area contributed by atoms with E-state index >= 15 is 0 Å². The highest BCUT2D eigenvalue weighted by molar-refractivity contribution is 5.85. The van der Waals surface area contributed by atoms with Crippen LogP contribution in [0.25, 0.3) is 16.6 Å². The van der Waals surface area contributed by atoms with Crippen molar-refractivity contribution in [1.29, 1.82) is 0 Å². The van der Waals surface area contributed by atoms with Crippen molar-refractivity contribution in [3.8, 4) is 0 Å². The topological polar surface area (TPSA) is 76.8 Å². The summed E-state index contributed by atoms with van der Waals surface area (Å²) >= 11 is 0. The largest absolute Gasteiger partial charge is 0.373 e. The highest BCUT2D eigenvalue weighted by Gasteiger charge is 2.12. The molecule has 5 nitrogen and oxygen atoms in total. The third-order valence-electron chi connectivity index (χ3n) is 3.45. The van der Waals surface area contributed by atoms with E-state index in [9.17, 15) is 0 Å². The van der Waals surface area contributed by atoms with Crippen LogP contribution in [0.1, 0.15) is 17.8 Å². The smallest absolute Gasteiger partial charge is 0.141 e. The summed E-state index contributed by atoms with van der Waals surface area (Å²) in [5.41, 5.74) is 9.53. The molecule has 0 aromatic carbocycles. The van der Waals surface area contributed by atoms with Crippen molar-refractivity contribution in [2.24, 2.45) is 5.73 Å². The van der Waals surface area contributed by atoms with Gasteiger partial charge in [0.2, 0.25) is 0 Å². The van der Waals surface area contributed by atoms with Gasteiger partial charge in [-0.1, -0.05) is 18.2 Å². The third kappa shape index (κ3) is 2.50. The number of fused-ring (bicyclic) bond motifs is 1. The number of H-pyrrole nitrogens is 1. The minimum atomic E-state index is 0.133. The predicted molar refractivity (Wildman–Crippen MR) is 79.2 cm³/mol. The van der Waals surface area contributed by atoms with Gasteiger partial charge < -0.3 is 15.5 Å². The second-order valence-electron chi connectivity index (χ2n) is 4.86. The molecule has 0 saturated carbocycles. The van der Waals surface area contributed by atoms with Gasteiger partial charge in [0.05, 0.1) is 18.4 Å². The summed E-state index contributed by atoms with van der Waals surface area (Å²) in [6.45, 7) is 3.14. The van der Waals surface area contributed by atoms with Gasteiger partial charge in [-0.05, 0) is 25.0 Å². The van der Waals surface area contributed by atoms with Gasteiger partial charge in [0.25, 0.3) is 0 Å². The number of ether oxygens (including phenoxy) is 1. The number of nitrogens with two attached hydrogens (primary N) is 1. The monoisotopic (exact) mass is 270 g/mol. The lowest BCUT2D eigenvalue weighted by molar-refractivity contribution is 0.0930. The minimum Gasteiger partial charge on any atom is -0.373 e. The van der Waals surface area contributed by atoms with Crippen molar-refractivity contribution in [1.82, 2.24) is 15.0 Å². The second-order valence-corrected chi connectivity index (χ2v) is 4.86. The summed E-state index contributed by atoms with van der Waals surface area (Å²) in [7, 11) is 0. The summed E-state index contributed by atoms with van der Waals surface area (Å²) in [6, 6.07) is 2.10. The quantitative estimate of drug-likeness (QED) is 0.890. The zero-order valence-electron chi connectivity index (χ0n) is 11.5. The average Bonchev–Trinajstić information content (AvgIpc) is 2.91. The van der Waals surface area contributed by atoms with Gasteiger partial charge >= 0.3 is 0 Å². The van der Waals surface area contributed by atoms with Gasteiger partial charge in [-0.15, -0.1) is 0 Å². The number of rotatable bonds is 4. The highest BCUT2D eigenvalue weighted by atomic mass is 16.5. The number of hydrogen-bond acceptors (Lipinski definition) is 4. The first kappa shape index (κ1) is 13.0. The van der Waals surface area contributed by atoms with Crippen LogP contribution < -0.4 is 5.73 Å². The van der Waals surface area contributed by atoms with Crippen LogP contribution in [0, 0.1) is 6.92 Å². The molecular weight excluding hydrogens is 252 g/mol. The van der Waals surface area contributed by atoms with Crippen molar-refractivity contribution in [3.05, 3.63) is 42.0 Å². The molecule has 20 heavy (non-hydrogen) atoms. The highest BCUT2D eigenvalue weighted by Crippen LogP contribution is 2.25. The van der Waals surface area contributed by atoms with Crippen molar-refractivity contribution in [2.45, 2.75) is 19.4 Å². The molecule has 1 aliphatic rings. The molecule has 1 atom stereocenters. The molecule has 2 aromatic rings. The molecule has 3 N–H and O–H groups in total. The number of aromatic nitrogens is 3. The molecule has 0 bridgehead atoms. The molecule has 0 fully saturated rings. The molecule has 5 heteroatoms. The fourth-order valence-electron chi connectivity index (χ4n) is 2.36.